The predicted molar refractivity (Wildman–Crippen MR) is 89.2 cm³/mol. The second kappa shape index (κ2) is 6.68. The van der Waals surface area contributed by atoms with Gasteiger partial charge in [0.1, 0.15) is 6.54 Å². The summed E-state index contributed by atoms with van der Waals surface area (Å²) in [4.78, 5) is 28.5. The molecule has 25 heavy (non-hydrogen) atoms. The van der Waals surface area contributed by atoms with Gasteiger partial charge in [0.2, 0.25) is 11.6 Å². The van der Waals surface area contributed by atoms with Crippen molar-refractivity contribution < 1.29 is 14.3 Å². The van der Waals surface area contributed by atoms with E-state index in [0.29, 0.717) is 28.3 Å². The Morgan fingerprint density at radius 3 is 2.60 bits per heavy atom. The Hall–Kier alpha value is -3.29. The number of hydrogen-bond donors (Lipinski definition) is 1. The van der Waals surface area contributed by atoms with Crippen LogP contribution in [0, 0.1) is 13.8 Å². The highest BCUT2D eigenvalue weighted by Crippen LogP contribution is 2.20. The van der Waals surface area contributed by atoms with Gasteiger partial charge in [0.05, 0.1) is 18.4 Å². The molecule has 0 radical (unpaired) electrons. The second-order valence-electron chi connectivity index (χ2n) is 5.55. The van der Waals surface area contributed by atoms with E-state index in [9.17, 15) is 9.59 Å². The quantitative estimate of drug-likeness (QED) is 0.563. The lowest BCUT2D eigenvalue weighted by Crippen LogP contribution is -2.15. The Morgan fingerprint density at radius 1 is 1.20 bits per heavy atom. The second-order valence-corrected chi connectivity index (χ2v) is 5.55. The summed E-state index contributed by atoms with van der Waals surface area (Å²) in [6.07, 6.45) is 0. The summed E-state index contributed by atoms with van der Waals surface area (Å²) < 4.78 is 4.75. The molecule has 0 spiro atoms. The van der Waals surface area contributed by atoms with E-state index in [-0.39, 0.29) is 12.3 Å². The first-order valence-electron chi connectivity index (χ1n) is 7.65. The Balaban J connectivity index is 1.82. The van der Waals surface area contributed by atoms with E-state index in [1.165, 1.54) is 11.9 Å². The SMILES string of the molecule is COC(=O)c1c(C)[nH]c(C(=O)Cn2nnc(-c3ccccc3)n2)c1C. The van der Waals surface area contributed by atoms with Gasteiger partial charge in [0.15, 0.2) is 0 Å². The van der Waals surface area contributed by atoms with Gasteiger partial charge in [0.25, 0.3) is 0 Å². The van der Waals surface area contributed by atoms with Crippen LogP contribution in [0.3, 0.4) is 0 Å². The van der Waals surface area contributed by atoms with Crippen LogP contribution in [0.5, 0.6) is 0 Å². The lowest BCUT2D eigenvalue weighted by Gasteiger charge is -2.01. The van der Waals surface area contributed by atoms with Gasteiger partial charge in [-0.05, 0) is 24.6 Å². The van der Waals surface area contributed by atoms with Gasteiger partial charge in [-0.2, -0.15) is 4.80 Å². The number of Topliss-reactive ketones (excluding diaryl/α,β-unsaturated/α-hetero) is 1. The molecule has 2 heterocycles. The maximum absolute atomic E-state index is 12.5. The molecule has 8 nitrogen and oxygen atoms in total. The average Bonchev–Trinajstić information content (AvgIpc) is 3.19. The van der Waals surface area contributed by atoms with Gasteiger partial charge in [0, 0.05) is 11.3 Å². The van der Waals surface area contributed by atoms with E-state index in [2.05, 4.69) is 20.4 Å². The van der Waals surface area contributed by atoms with Gasteiger partial charge in [-0.1, -0.05) is 30.3 Å². The first-order chi connectivity index (χ1) is 12.0. The minimum atomic E-state index is -0.476. The van der Waals surface area contributed by atoms with Crippen LogP contribution in [0.2, 0.25) is 0 Å². The van der Waals surface area contributed by atoms with Crippen LogP contribution in [0.15, 0.2) is 30.3 Å². The molecule has 3 aromatic rings. The Morgan fingerprint density at radius 2 is 1.92 bits per heavy atom. The molecule has 2 aromatic heterocycles. The normalized spacial score (nSPS) is 10.7. The van der Waals surface area contributed by atoms with Gasteiger partial charge in [-0.3, -0.25) is 4.79 Å². The number of hydrogen-bond acceptors (Lipinski definition) is 6. The monoisotopic (exact) mass is 339 g/mol. The third kappa shape index (κ3) is 3.18. The zero-order valence-corrected chi connectivity index (χ0v) is 14.1. The number of aryl methyl sites for hydroxylation is 1. The van der Waals surface area contributed by atoms with Crippen LogP contribution in [-0.4, -0.2) is 44.1 Å². The Kier molecular flexibility index (Phi) is 4.42. The highest BCUT2D eigenvalue weighted by atomic mass is 16.5. The van der Waals surface area contributed by atoms with Gasteiger partial charge < -0.3 is 9.72 Å². The van der Waals surface area contributed by atoms with Crippen LogP contribution in [-0.2, 0) is 11.3 Å². The molecular weight excluding hydrogens is 322 g/mol. The zero-order valence-electron chi connectivity index (χ0n) is 14.1. The minimum Gasteiger partial charge on any atom is -0.465 e. The maximum Gasteiger partial charge on any atom is 0.339 e. The molecule has 0 fully saturated rings. The fraction of sp³-hybridized carbons (Fsp3) is 0.235. The Labute approximate surface area is 143 Å². The van der Waals surface area contributed by atoms with Crippen molar-refractivity contribution in [2.45, 2.75) is 20.4 Å². The fourth-order valence-corrected chi connectivity index (χ4v) is 2.66. The van der Waals surface area contributed by atoms with Gasteiger partial charge in [-0.25, -0.2) is 4.79 Å². The fourth-order valence-electron chi connectivity index (χ4n) is 2.66. The summed E-state index contributed by atoms with van der Waals surface area (Å²) in [6.45, 7) is 3.34. The van der Waals surface area contributed by atoms with Crippen molar-refractivity contribution in [1.29, 1.82) is 0 Å². The first kappa shape index (κ1) is 16.6. The molecule has 0 amide bonds. The number of ether oxygens (including phenoxy) is 1. The van der Waals surface area contributed by atoms with Crippen molar-refractivity contribution in [2.75, 3.05) is 7.11 Å². The molecule has 1 aromatic carbocycles. The highest BCUT2D eigenvalue weighted by molar-refractivity contribution is 6.01. The number of methoxy groups -OCH3 is 1. The largest absolute Gasteiger partial charge is 0.465 e. The van der Waals surface area contributed by atoms with Gasteiger partial charge >= 0.3 is 5.97 Å². The maximum atomic E-state index is 12.5. The Bertz CT molecular complexity index is 927. The molecule has 0 bridgehead atoms. The third-order valence-electron chi connectivity index (χ3n) is 3.88. The zero-order chi connectivity index (χ0) is 18.0. The molecule has 0 atom stereocenters. The summed E-state index contributed by atoms with van der Waals surface area (Å²) in [5.41, 5.74) is 2.68. The number of carbonyl (C=O) groups is 2. The number of aromatic amines is 1. The summed E-state index contributed by atoms with van der Waals surface area (Å²) >= 11 is 0. The molecule has 0 aliphatic carbocycles. The number of nitrogens with zero attached hydrogens (tertiary/aromatic N) is 4. The molecule has 3 rings (SSSR count). The summed E-state index contributed by atoms with van der Waals surface area (Å²) in [5.74, 6) is -0.272. The summed E-state index contributed by atoms with van der Waals surface area (Å²) in [7, 11) is 1.31. The molecule has 0 aliphatic heterocycles. The number of aromatic nitrogens is 5. The summed E-state index contributed by atoms with van der Waals surface area (Å²) in [5, 5.41) is 12.1. The number of esters is 1. The van der Waals surface area contributed by atoms with Crippen molar-refractivity contribution >= 4 is 11.8 Å². The molecule has 0 aliphatic rings. The van der Waals surface area contributed by atoms with Crippen LogP contribution < -0.4 is 0 Å². The van der Waals surface area contributed by atoms with E-state index in [0.717, 1.165) is 5.56 Å². The van der Waals surface area contributed by atoms with E-state index in [1.807, 2.05) is 30.3 Å². The van der Waals surface area contributed by atoms with Crippen LogP contribution in [0.25, 0.3) is 11.4 Å². The van der Waals surface area contributed by atoms with Crippen molar-refractivity contribution in [3.63, 3.8) is 0 Å². The minimum absolute atomic E-state index is 0.0821. The third-order valence-corrected chi connectivity index (χ3v) is 3.88. The van der Waals surface area contributed by atoms with Crippen molar-refractivity contribution in [3.05, 3.63) is 52.8 Å². The van der Waals surface area contributed by atoms with E-state index < -0.39 is 5.97 Å². The number of tetrazole rings is 1. The predicted octanol–water partition coefficient (Wildman–Crippen LogP) is 1.95. The van der Waals surface area contributed by atoms with Crippen LogP contribution in [0.4, 0.5) is 0 Å². The topological polar surface area (TPSA) is 103 Å². The first-order valence-corrected chi connectivity index (χ1v) is 7.65. The lowest BCUT2D eigenvalue weighted by atomic mass is 10.1. The lowest BCUT2D eigenvalue weighted by molar-refractivity contribution is 0.0599. The number of ketones is 1. The van der Waals surface area contributed by atoms with Crippen molar-refractivity contribution in [1.82, 2.24) is 25.2 Å². The standard InChI is InChI=1S/C17H17N5O3/c1-10-14(17(24)25-3)11(2)18-15(10)13(23)9-22-20-16(19-21-22)12-7-5-4-6-8-12/h4-8,18H,9H2,1-3H3. The molecular formula is C17H17N5O3. The number of H-pyrrole nitrogens is 1. The van der Waals surface area contributed by atoms with Gasteiger partial charge in [-0.15, -0.1) is 10.2 Å². The smallest absolute Gasteiger partial charge is 0.339 e. The molecule has 8 heteroatoms. The number of rotatable bonds is 5. The average molecular weight is 339 g/mol. The van der Waals surface area contributed by atoms with E-state index in [1.54, 1.807) is 13.8 Å². The molecule has 1 N–H and O–H groups in total. The van der Waals surface area contributed by atoms with Crippen LogP contribution in [0.1, 0.15) is 32.1 Å². The summed E-state index contributed by atoms with van der Waals surface area (Å²) in [6, 6.07) is 9.38. The molecule has 0 saturated carbocycles. The number of benzene rings is 1. The van der Waals surface area contributed by atoms with Crippen molar-refractivity contribution in [3.8, 4) is 11.4 Å². The molecule has 0 saturated heterocycles. The van der Waals surface area contributed by atoms with Crippen LogP contribution >= 0.6 is 0 Å². The molecule has 0 unspecified atom stereocenters. The highest BCUT2D eigenvalue weighted by Gasteiger charge is 2.23. The van der Waals surface area contributed by atoms with Crippen molar-refractivity contribution in [2.24, 2.45) is 0 Å². The van der Waals surface area contributed by atoms with E-state index >= 15 is 0 Å². The number of nitrogens with one attached hydrogen (secondary N) is 1. The van der Waals surface area contributed by atoms with E-state index in [4.69, 9.17) is 4.74 Å². The number of carbonyl (C=O) groups excluding carboxylic acids is 2. The molecule has 128 valence electrons.